The van der Waals surface area contributed by atoms with Crippen LogP contribution in [-0.2, 0) is 4.74 Å². The molecule has 0 bridgehead atoms. The molecule has 21 heavy (non-hydrogen) atoms. The molecule has 0 aliphatic carbocycles. The van der Waals surface area contributed by atoms with Gasteiger partial charge >= 0.3 is 6.09 Å². The number of aryl methyl sites for hydroxylation is 1. The highest BCUT2D eigenvalue weighted by molar-refractivity contribution is 9.10. The second-order valence-electron chi connectivity index (χ2n) is 6.17. The number of carbonyl (C=O) groups excluding carboxylic acids is 1. The van der Waals surface area contributed by atoms with Crippen molar-refractivity contribution < 1.29 is 14.3 Å². The van der Waals surface area contributed by atoms with Crippen molar-refractivity contribution in [1.82, 2.24) is 9.88 Å². The number of pyridine rings is 1. The predicted molar refractivity (Wildman–Crippen MR) is 83.5 cm³/mol. The molecule has 0 saturated carbocycles. The van der Waals surface area contributed by atoms with Crippen LogP contribution in [0.25, 0.3) is 0 Å². The summed E-state index contributed by atoms with van der Waals surface area (Å²) in [6.07, 6.45) is 2.35. The Morgan fingerprint density at radius 3 is 2.76 bits per heavy atom. The van der Waals surface area contributed by atoms with E-state index in [0.717, 1.165) is 23.1 Å². The zero-order valence-electron chi connectivity index (χ0n) is 12.9. The number of hydrogen-bond donors (Lipinski definition) is 0. The molecule has 5 nitrogen and oxygen atoms in total. The van der Waals surface area contributed by atoms with Crippen LogP contribution in [0.4, 0.5) is 4.79 Å². The number of rotatable bonds is 3. The number of halogens is 1. The van der Waals surface area contributed by atoms with Crippen LogP contribution >= 0.6 is 15.9 Å². The fourth-order valence-corrected chi connectivity index (χ4v) is 2.26. The molecule has 1 fully saturated rings. The number of likely N-dealkylation sites (tertiary alicyclic amines) is 1. The molecule has 6 heteroatoms. The van der Waals surface area contributed by atoms with Crippen molar-refractivity contribution in [2.24, 2.45) is 0 Å². The zero-order chi connectivity index (χ0) is 15.6. The highest BCUT2D eigenvalue weighted by Gasteiger charge is 2.35. The molecule has 0 N–H and O–H groups in total. The van der Waals surface area contributed by atoms with Gasteiger partial charge < -0.3 is 14.4 Å². The van der Waals surface area contributed by atoms with E-state index in [1.807, 2.05) is 33.8 Å². The maximum atomic E-state index is 12.0. The van der Waals surface area contributed by atoms with Gasteiger partial charge in [0.25, 0.3) is 0 Å². The van der Waals surface area contributed by atoms with Crippen LogP contribution in [0, 0.1) is 6.92 Å². The molecule has 116 valence electrons. The summed E-state index contributed by atoms with van der Waals surface area (Å²) in [7, 11) is 0. The number of nitrogens with zero attached hydrogens (tertiary/aromatic N) is 2. The highest BCUT2D eigenvalue weighted by Crippen LogP contribution is 2.24. The van der Waals surface area contributed by atoms with Crippen LogP contribution in [0.1, 0.15) is 32.9 Å². The van der Waals surface area contributed by atoms with Gasteiger partial charge in [-0.2, -0.15) is 0 Å². The molecule has 1 amide bonds. The van der Waals surface area contributed by atoms with Gasteiger partial charge in [-0.3, -0.25) is 4.98 Å². The third-order valence-electron chi connectivity index (χ3n) is 3.21. The molecular weight excluding hydrogens is 336 g/mol. The monoisotopic (exact) mass is 356 g/mol. The normalized spacial score (nSPS) is 18.1. The van der Waals surface area contributed by atoms with E-state index in [0.29, 0.717) is 12.4 Å². The molecule has 1 atom stereocenters. The minimum atomic E-state index is -0.468. The van der Waals surface area contributed by atoms with E-state index in [1.54, 1.807) is 11.1 Å². The first kappa shape index (κ1) is 16.1. The number of hydrogen-bond acceptors (Lipinski definition) is 4. The van der Waals surface area contributed by atoms with Crippen LogP contribution in [0.15, 0.2) is 16.7 Å². The third-order valence-corrected chi connectivity index (χ3v) is 4.02. The summed E-state index contributed by atoms with van der Waals surface area (Å²) in [5.41, 5.74) is 0.450. The van der Waals surface area contributed by atoms with Crippen LogP contribution in [0.2, 0.25) is 0 Å². The largest absolute Gasteiger partial charge is 0.490 e. The van der Waals surface area contributed by atoms with E-state index in [4.69, 9.17) is 9.47 Å². The van der Waals surface area contributed by atoms with Crippen LogP contribution in [-0.4, -0.2) is 40.8 Å². The standard InChI is InChI=1S/C15H21BrN2O3/c1-10-13(16)7-12(8-17-10)20-9-11-5-6-18(11)14(19)21-15(2,3)4/h7-8,11H,5-6,9H2,1-4H3/t11-/m1/s1. The molecule has 2 heterocycles. The average molecular weight is 357 g/mol. The minimum absolute atomic E-state index is 0.0694. The second-order valence-corrected chi connectivity index (χ2v) is 7.02. The van der Waals surface area contributed by atoms with Crippen molar-refractivity contribution in [2.45, 2.75) is 45.8 Å². The average Bonchev–Trinajstić information content (AvgIpc) is 2.30. The van der Waals surface area contributed by atoms with Crippen LogP contribution in [0.3, 0.4) is 0 Å². The van der Waals surface area contributed by atoms with Gasteiger partial charge in [0.05, 0.1) is 17.9 Å². The van der Waals surface area contributed by atoms with Gasteiger partial charge in [-0.05, 0) is 56.1 Å². The van der Waals surface area contributed by atoms with E-state index in [2.05, 4.69) is 20.9 Å². The quantitative estimate of drug-likeness (QED) is 0.830. The SMILES string of the molecule is Cc1ncc(OC[C@H]2CCN2C(=O)OC(C)(C)C)cc1Br. The van der Waals surface area contributed by atoms with E-state index in [1.165, 1.54) is 0 Å². The Balaban J connectivity index is 1.86. The van der Waals surface area contributed by atoms with Gasteiger partial charge in [0, 0.05) is 11.0 Å². The summed E-state index contributed by atoms with van der Waals surface area (Å²) in [5.74, 6) is 0.698. The molecule has 2 rings (SSSR count). The summed E-state index contributed by atoms with van der Waals surface area (Å²) in [6.45, 7) is 8.70. The fourth-order valence-electron chi connectivity index (χ4n) is 1.94. The smallest absolute Gasteiger partial charge is 0.410 e. The van der Waals surface area contributed by atoms with Crippen LogP contribution in [0.5, 0.6) is 5.75 Å². The lowest BCUT2D eigenvalue weighted by atomic mass is 10.1. The molecule has 1 aromatic rings. The van der Waals surface area contributed by atoms with Crippen molar-refractivity contribution >= 4 is 22.0 Å². The van der Waals surface area contributed by atoms with E-state index in [-0.39, 0.29) is 12.1 Å². The van der Waals surface area contributed by atoms with Gasteiger partial charge in [-0.15, -0.1) is 0 Å². The molecule has 0 spiro atoms. The molecule has 1 aromatic heterocycles. The van der Waals surface area contributed by atoms with Gasteiger partial charge in [-0.1, -0.05) is 0 Å². The van der Waals surface area contributed by atoms with Gasteiger partial charge in [0.2, 0.25) is 0 Å². The lowest BCUT2D eigenvalue weighted by Gasteiger charge is -2.40. The number of aromatic nitrogens is 1. The molecule has 1 aliphatic heterocycles. The zero-order valence-corrected chi connectivity index (χ0v) is 14.4. The Labute approximate surface area is 133 Å². The van der Waals surface area contributed by atoms with Crippen molar-refractivity contribution in [2.75, 3.05) is 13.2 Å². The predicted octanol–water partition coefficient (Wildman–Crippen LogP) is 3.54. The van der Waals surface area contributed by atoms with E-state index >= 15 is 0 Å². The Morgan fingerprint density at radius 2 is 2.24 bits per heavy atom. The topological polar surface area (TPSA) is 51.7 Å². The molecule has 0 unspecified atom stereocenters. The first-order valence-electron chi connectivity index (χ1n) is 7.01. The number of ether oxygens (including phenoxy) is 2. The summed E-state index contributed by atoms with van der Waals surface area (Å²) in [4.78, 5) is 17.9. The van der Waals surface area contributed by atoms with Crippen molar-refractivity contribution in [3.63, 3.8) is 0 Å². The molecule has 0 aromatic carbocycles. The molecular formula is C15H21BrN2O3. The van der Waals surface area contributed by atoms with Crippen molar-refractivity contribution in [3.05, 3.63) is 22.4 Å². The Bertz CT molecular complexity index is 528. The summed E-state index contributed by atoms with van der Waals surface area (Å²) in [5, 5.41) is 0. The van der Waals surface area contributed by atoms with E-state index < -0.39 is 5.60 Å². The Kier molecular flexibility index (Phi) is 4.76. The lowest BCUT2D eigenvalue weighted by Crippen LogP contribution is -2.55. The summed E-state index contributed by atoms with van der Waals surface area (Å²) < 4.78 is 12.0. The lowest BCUT2D eigenvalue weighted by molar-refractivity contribution is -0.0141. The van der Waals surface area contributed by atoms with E-state index in [9.17, 15) is 4.79 Å². The first-order valence-corrected chi connectivity index (χ1v) is 7.80. The fraction of sp³-hybridized carbons (Fsp3) is 0.600. The second kappa shape index (κ2) is 6.22. The Hall–Kier alpha value is -1.30. The van der Waals surface area contributed by atoms with Crippen molar-refractivity contribution in [1.29, 1.82) is 0 Å². The van der Waals surface area contributed by atoms with Gasteiger partial charge in [0.15, 0.2) is 0 Å². The maximum absolute atomic E-state index is 12.0. The highest BCUT2D eigenvalue weighted by atomic mass is 79.9. The molecule has 1 aliphatic rings. The Morgan fingerprint density at radius 1 is 1.52 bits per heavy atom. The number of amides is 1. The van der Waals surface area contributed by atoms with Crippen molar-refractivity contribution in [3.8, 4) is 5.75 Å². The summed E-state index contributed by atoms with van der Waals surface area (Å²) in [6, 6.07) is 1.96. The molecule has 0 radical (unpaired) electrons. The maximum Gasteiger partial charge on any atom is 0.410 e. The van der Waals surface area contributed by atoms with Gasteiger partial charge in [-0.25, -0.2) is 4.79 Å². The third kappa shape index (κ3) is 4.33. The van der Waals surface area contributed by atoms with Gasteiger partial charge in [0.1, 0.15) is 18.0 Å². The van der Waals surface area contributed by atoms with Crippen LogP contribution < -0.4 is 4.74 Å². The minimum Gasteiger partial charge on any atom is -0.490 e. The molecule has 1 saturated heterocycles. The summed E-state index contributed by atoms with van der Waals surface area (Å²) >= 11 is 3.43. The number of carbonyl (C=O) groups is 1. The first-order chi connectivity index (χ1) is 9.76.